The average Bonchev–Trinajstić information content (AvgIpc) is 2.15. The third-order valence-electron chi connectivity index (χ3n) is 5.10. The molecule has 0 spiro atoms. The number of hydrogen-bond acceptors (Lipinski definition) is 1. The van der Waals surface area contributed by atoms with Crippen LogP contribution in [-0.2, 0) is 0 Å². The van der Waals surface area contributed by atoms with E-state index in [9.17, 15) is 0 Å². The van der Waals surface area contributed by atoms with Crippen molar-refractivity contribution in [3.05, 3.63) is 12.2 Å². The molecule has 0 saturated heterocycles. The van der Waals surface area contributed by atoms with Gasteiger partial charge in [-0.25, -0.2) is 0 Å². The van der Waals surface area contributed by atoms with E-state index in [4.69, 9.17) is 0 Å². The normalized spacial score (nSPS) is 47.1. The molecule has 0 atom stereocenters. The zero-order valence-electron chi connectivity index (χ0n) is 9.84. The molecule has 0 aromatic carbocycles. The summed E-state index contributed by atoms with van der Waals surface area (Å²) in [5, 5.41) is 3.28. The highest BCUT2D eigenvalue weighted by Crippen LogP contribution is 2.57. The van der Waals surface area contributed by atoms with E-state index >= 15 is 0 Å². The molecule has 0 unspecified atom stereocenters. The van der Waals surface area contributed by atoms with Crippen molar-refractivity contribution >= 4 is 0 Å². The summed E-state index contributed by atoms with van der Waals surface area (Å²) in [4.78, 5) is 0. The average molecular weight is 205 g/mol. The fourth-order valence-electron chi connectivity index (χ4n) is 4.94. The third kappa shape index (κ3) is 1.56. The van der Waals surface area contributed by atoms with E-state index in [1.165, 1.54) is 31.3 Å². The van der Waals surface area contributed by atoms with Crippen molar-refractivity contribution in [3.8, 4) is 0 Å². The van der Waals surface area contributed by atoms with Gasteiger partial charge in [-0.15, -0.1) is 0 Å². The summed E-state index contributed by atoms with van der Waals surface area (Å²) in [7, 11) is 2.04. The molecule has 84 valence electrons. The van der Waals surface area contributed by atoms with Crippen molar-refractivity contribution in [2.24, 2.45) is 29.6 Å². The zero-order valence-corrected chi connectivity index (χ0v) is 9.84. The Hall–Kier alpha value is -0.300. The minimum atomic E-state index is 0.866. The van der Waals surface area contributed by atoms with Crippen molar-refractivity contribution in [1.29, 1.82) is 0 Å². The van der Waals surface area contributed by atoms with Crippen LogP contribution < -0.4 is 5.32 Å². The van der Waals surface area contributed by atoms with Crippen LogP contribution in [-0.4, -0.2) is 13.6 Å². The molecule has 0 heterocycles. The Morgan fingerprint density at radius 3 is 2.07 bits per heavy atom. The highest BCUT2D eigenvalue weighted by Gasteiger charge is 2.48. The Morgan fingerprint density at radius 2 is 1.60 bits per heavy atom. The van der Waals surface area contributed by atoms with Gasteiger partial charge in [-0.3, -0.25) is 0 Å². The van der Waals surface area contributed by atoms with Gasteiger partial charge in [0.15, 0.2) is 0 Å². The molecule has 4 saturated carbocycles. The molecule has 0 radical (unpaired) electrons. The van der Waals surface area contributed by atoms with E-state index in [-0.39, 0.29) is 0 Å². The molecule has 4 aliphatic rings. The summed E-state index contributed by atoms with van der Waals surface area (Å²) >= 11 is 0. The lowest BCUT2D eigenvalue weighted by atomic mass is 9.50. The first-order chi connectivity index (χ1) is 7.28. The Kier molecular flexibility index (Phi) is 2.39. The van der Waals surface area contributed by atoms with E-state index in [0.717, 1.165) is 36.1 Å². The van der Waals surface area contributed by atoms with Crippen molar-refractivity contribution in [3.63, 3.8) is 0 Å². The van der Waals surface area contributed by atoms with Gasteiger partial charge in [-0.05, 0) is 68.7 Å². The molecule has 1 heteroatoms. The molecule has 4 rings (SSSR count). The van der Waals surface area contributed by atoms with Gasteiger partial charge in [0, 0.05) is 6.54 Å². The number of likely N-dealkylation sites (N-methyl/N-ethyl adjacent to an activating group) is 1. The lowest BCUT2D eigenvalue weighted by molar-refractivity contribution is -0.0212. The Labute approximate surface area is 93.3 Å². The van der Waals surface area contributed by atoms with E-state index in [1.807, 2.05) is 7.05 Å². The topological polar surface area (TPSA) is 12.0 Å². The van der Waals surface area contributed by atoms with Crippen LogP contribution in [0.3, 0.4) is 0 Å². The molecule has 1 N–H and O–H groups in total. The van der Waals surface area contributed by atoms with Crippen LogP contribution in [0.2, 0.25) is 0 Å². The second-order valence-corrected chi connectivity index (χ2v) is 6.15. The smallest absolute Gasteiger partial charge is 0.0161 e. The second kappa shape index (κ2) is 3.62. The van der Waals surface area contributed by atoms with Crippen LogP contribution in [0.15, 0.2) is 12.2 Å². The van der Waals surface area contributed by atoms with Gasteiger partial charge in [0.25, 0.3) is 0 Å². The van der Waals surface area contributed by atoms with Crippen LogP contribution in [0, 0.1) is 29.6 Å². The standard InChI is InChI=1S/C14H23N/c1-9(8-15-2)14-12-4-10-3-11(6-12)7-13(14)5-10/h10-15H,1,3-8H2,2H3. The summed E-state index contributed by atoms with van der Waals surface area (Å²) in [6, 6.07) is 0. The lowest BCUT2D eigenvalue weighted by Gasteiger charge is -2.55. The minimum Gasteiger partial charge on any atom is -0.316 e. The second-order valence-electron chi connectivity index (χ2n) is 6.15. The van der Waals surface area contributed by atoms with Gasteiger partial charge in [0.05, 0.1) is 0 Å². The maximum Gasteiger partial charge on any atom is 0.0161 e. The molecule has 1 nitrogen and oxygen atoms in total. The summed E-state index contributed by atoms with van der Waals surface area (Å²) in [5.41, 5.74) is 1.49. The van der Waals surface area contributed by atoms with Crippen molar-refractivity contribution in [2.45, 2.75) is 32.1 Å². The van der Waals surface area contributed by atoms with Gasteiger partial charge < -0.3 is 5.32 Å². The fourth-order valence-corrected chi connectivity index (χ4v) is 4.94. The first-order valence-corrected chi connectivity index (χ1v) is 6.60. The van der Waals surface area contributed by atoms with Gasteiger partial charge in [0.1, 0.15) is 0 Å². The van der Waals surface area contributed by atoms with E-state index in [0.29, 0.717) is 0 Å². The Morgan fingerprint density at radius 1 is 1.07 bits per heavy atom. The SMILES string of the molecule is C=C(CNC)C1C2CC3CC(C2)CC1C3. The van der Waals surface area contributed by atoms with Gasteiger partial charge in [0.2, 0.25) is 0 Å². The molecule has 0 amide bonds. The van der Waals surface area contributed by atoms with Crippen LogP contribution in [0.5, 0.6) is 0 Å². The first-order valence-electron chi connectivity index (χ1n) is 6.60. The van der Waals surface area contributed by atoms with E-state index < -0.39 is 0 Å². The maximum atomic E-state index is 4.33. The predicted molar refractivity (Wildman–Crippen MR) is 63.6 cm³/mol. The molecule has 0 aromatic rings. The summed E-state index contributed by atoms with van der Waals surface area (Å²) in [6.45, 7) is 5.36. The van der Waals surface area contributed by atoms with E-state index in [2.05, 4.69) is 11.9 Å². The zero-order chi connectivity index (χ0) is 10.4. The van der Waals surface area contributed by atoms with Crippen molar-refractivity contribution < 1.29 is 0 Å². The van der Waals surface area contributed by atoms with E-state index in [1.54, 1.807) is 6.42 Å². The maximum absolute atomic E-state index is 4.33. The van der Waals surface area contributed by atoms with Crippen molar-refractivity contribution in [1.82, 2.24) is 5.32 Å². The molecule has 15 heavy (non-hydrogen) atoms. The largest absolute Gasteiger partial charge is 0.316 e. The molecule has 0 aromatic heterocycles. The van der Waals surface area contributed by atoms with Crippen molar-refractivity contribution in [2.75, 3.05) is 13.6 Å². The van der Waals surface area contributed by atoms with Crippen LogP contribution in [0.1, 0.15) is 32.1 Å². The number of nitrogens with one attached hydrogen (secondary N) is 1. The molecular formula is C14H23N. The molecule has 4 fully saturated rings. The van der Waals surface area contributed by atoms with Gasteiger partial charge >= 0.3 is 0 Å². The third-order valence-corrected chi connectivity index (χ3v) is 5.10. The fraction of sp³-hybridized carbons (Fsp3) is 0.857. The Bertz CT molecular complexity index is 241. The quantitative estimate of drug-likeness (QED) is 0.699. The van der Waals surface area contributed by atoms with Crippen LogP contribution >= 0.6 is 0 Å². The molecule has 0 aliphatic heterocycles. The minimum absolute atomic E-state index is 0.866. The number of rotatable bonds is 3. The monoisotopic (exact) mass is 205 g/mol. The van der Waals surface area contributed by atoms with Gasteiger partial charge in [-0.1, -0.05) is 12.2 Å². The highest BCUT2D eigenvalue weighted by atomic mass is 14.8. The van der Waals surface area contributed by atoms with Crippen LogP contribution in [0.4, 0.5) is 0 Å². The summed E-state index contributed by atoms with van der Waals surface area (Å²) < 4.78 is 0. The first kappa shape index (κ1) is 9.89. The molecular weight excluding hydrogens is 182 g/mol. The summed E-state index contributed by atoms with van der Waals surface area (Å²) in [6.07, 6.45) is 7.61. The molecule has 4 bridgehead atoms. The number of hydrogen-bond donors (Lipinski definition) is 1. The lowest BCUT2D eigenvalue weighted by Crippen LogP contribution is -2.46. The van der Waals surface area contributed by atoms with Crippen LogP contribution in [0.25, 0.3) is 0 Å². The highest BCUT2D eigenvalue weighted by molar-refractivity contribution is 5.13. The predicted octanol–water partition coefficient (Wildman–Crippen LogP) is 2.83. The molecule has 4 aliphatic carbocycles. The van der Waals surface area contributed by atoms with Gasteiger partial charge in [-0.2, -0.15) is 0 Å². The summed E-state index contributed by atoms with van der Waals surface area (Å²) in [5.74, 6) is 5.05. The Balaban J connectivity index is 1.77.